The molecule has 1 nitrogen and oxygen atoms in total. The highest BCUT2D eigenvalue weighted by Crippen LogP contribution is 2.41. The lowest BCUT2D eigenvalue weighted by atomic mass is 9.81. The summed E-state index contributed by atoms with van der Waals surface area (Å²) in [4.78, 5) is 1.39. The van der Waals surface area contributed by atoms with Crippen LogP contribution in [-0.4, -0.2) is 10.9 Å². The van der Waals surface area contributed by atoms with Gasteiger partial charge in [-0.15, -0.1) is 11.8 Å². The van der Waals surface area contributed by atoms with Crippen molar-refractivity contribution in [3.63, 3.8) is 0 Å². The predicted octanol–water partition coefficient (Wildman–Crippen LogP) is 2.95. The minimum Gasteiger partial charge on any atom is -0.392 e. The lowest BCUT2D eigenvalue weighted by Crippen LogP contribution is -2.22. The molecular weight excluding hydrogens is 192 g/mol. The first-order valence-corrected chi connectivity index (χ1v) is 5.99. The van der Waals surface area contributed by atoms with Crippen molar-refractivity contribution < 1.29 is 5.11 Å². The van der Waals surface area contributed by atoms with Gasteiger partial charge < -0.3 is 5.11 Å². The first-order chi connectivity index (χ1) is 6.63. The van der Waals surface area contributed by atoms with Crippen LogP contribution in [0.25, 0.3) is 0 Å². The van der Waals surface area contributed by atoms with Crippen LogP contribution in [-0.2, 0) is 12.0 Å². The third-order valence-corrected chi connectivity index (χ3v) is 4.02. The number of hydrogen-bond donors (Lipinski definition) is 1. The van der Waals surface area contributed by atoms with Gasteiger partial charge in [-0.25, -0.2) is 0 Å². The Morgan fingerprint density at radius 1 is 1.43 bits per heavy atom. The summed E-state index contributed by atoms with van der Waals surface area (Å²) in [5.74, 6) is 1.21. The largest absolute Gasteiger partial charge is 0.392 e. The van der Waals surface area contributed by atoms with Gasteiger partial charge >= 0.3 is 0 Å². The fraction of sp³-hybridized carbons (Fsp3) is 0.500. The van der Waals surface area contributed by atoms with Crippen LogP contribution in [0.15, 0.2) is 23.1 Å². The lowest BCUT2D eigenvalue weighted by Gasteiger charge is -2.32. The second-order valence-electron chi connectivity index (χ2n) is 4.47. The van der Waals surface area contributed by atoms with E-state index in [4.69, 9.17) is 5.11 Å². The van der Waals surface area contributed by atoms with Gasteiger partial charge in [-0.05, 0) is 34.8 Å². The zero-order valence-electron chi connectivity index (χ0n) is 8.71. The normalized spacial score (nSPS) is 19.1. The maximum absolute atomic E-state index is 9.10. The molecule has 1 aliphatic rings. The van der Waals surface area contributed by atoms with Crippen LogP contribution in [0.3, 0.4) is 0 Å². The predicted molar refractivity (Wildman–Crippen MR) is 60.7 cm³/mol. The van der Waals surface area contributed by atoms with E-state index in [1.165, 1.54) is 22.6 Å². The Hall–Kier alpha value is -0.470. The Kier molecular flexibility index (Phi) is 2.58. The van der Waals surface area contributed by atoms with Crippen molar-refractivity contribution in [1.82, 2.24) is 0 Å². The van der Waals surface area contributed by atoms with Gasteiger partial charge in [0, 0.05) is 4.90 Å². The minimum atomic E-state index is 0.147. The van der Waals surface area contributed by atoms with Gasteiger partial charge in [0.1, 0.15) is 0 Å². The van der Waals surface area contributed by atoms with Crippen LogP contribution in [0, 0.1) is 0 Å². The number of thioether (sulfide) groups is 1. The van der Waals surface area contributed by atoms with Crippen LogP contribution in [0.5, 0.6) is 0 Å². The quantitative estimate of drug-likeness (QED) is 0.765. The molecule has 0 aliphatic carbocycles. The van der Waals surface area contributed by atoms with Crippen molar-refractivity contribution >= 4 is 11.8 Å². The Morgan fingerprint density at radius 3 is 2.93 bits per heavy atom. The molecule has 2 rings (SSSR count). The van der Waals surface area contributed by atoms with Gasteiger partial charge in [0.2, 0.25) is 0 Å². The summed E-state index contributed by atoms with van der Waals surface area (Å²) >= 11 is 1.93. The molecule has 0 aromatic heterocycles. The molecular formula is C12H16OS. The standard InChI is InChI=1S/C12H16OS/c1-12(2)5-6-14-11-4-3-9(8-13)7-10(11)12/h3-4,7,13H,5-6,8H2,1-2H3. The zero-order valence-corrected chi connectivity index (χ0v) is 9.53. The molecule has 0 bridgehead atoms. The Labute approximate surface area is 89.5 Å². The maximum Gasteiger partial charge on any atom is 0.0681 e. The molecule has 76 valence electrons. The van der Waals surface area contributed by atoms with Crippen LogP contribution >= 0.6 is 11.8 Å². The third kappa shape index (κ3) is 1.69. The van der Waals surface area contributed by atoms with Crippen molar-refractivity contribution in [2.45, 2.75) is 37.2 Å². The molecule has 0 radical (unpaired) electrons. The highest BCUT2D eigenvalue weighted by molar-refractivity contribution is 7.99. The average molecular weight is 208 g/mol. The number of aliphatic hydroxyl groups is 1. The molecule has 0 atom stereocenters. The summed E-state index contributed by atoms with van der Waals surface area (Å²) in [5, 5.41) is 9.10. The molecule has 1 heterocycles. The molecule has 0 saturated carbocycles. The molecule has 0 spiro atoms. The minimum absolute atomic E-state index is 0.147. The topological polar surface area (TPSA) is 20.2 Å². The fourth-order valence-electron chi connectivity index (χ4n) is 1.88. The van der Waals surface area contributed by atoms with Crippen LogP contribution < -0.4 is 0 Å². The van der Waals surface area contributed by atoms with Gasteiger partial charge in [0.15, 0.2) is 0 Å². The highest BCUT2D eigenvalue weighted by atomic mass is 32.2. The number of aliphatic hydroxyl groups excluding tert-OH is 1. The van der Waals surface area contributed by atoms with Crippen LogP contribution in [0.1, 0.15) is 31.4 Å². The fourth-order valence-corrected chi connectivity index (χ4v) is 3.37. The van der Waals surface area contributed by atoms with Crippen LogP contribution in [0.2, 0.25) is 0 Å². The van der Waals surface area contributed by atoms with Crippen molar-refractivity contribution in [3.8, 4) is 0 Å². The maximum atomic E-state index is 9.10. The molecule has 0 saturated heterocycles. The molecule has 0 fully saturated rings. The highest BCUT2D eigenvalue weighted by Gasteiger charge is 2.27. The lowest BCUT2D eigenvalue weighted by molar-refractivity contribution is 0.281. The molecule has 14 heavy (non-hydrogen) atoms. The molecule has 0 unspecified atom stereocenters. The number of fused-ring (bicyclic) bond motifs is 1. The zero-order chi connectivity index (χ0) is 10.2. The van der Waals surface area contributed by atoms with E-state index in [2.05, 4.69) is 26.0 Å². The van der Waals surface area contributed by atoms with E-state index in [-0.39, 0.29) is 12.0 Å². The molecule has 1 aromatic rings. The van der Waals surface area contributed by atoms with E-state index in [0.29, 0.717) is 0 Å². The van der Waals surface area contributed by atoms with E-state index in [0.717, 1.165) is 5.56 Å². The van der Waals surface area contributed by atoms with Gasteiger partial charge in [-0.2, -0.15) is 0 Å². The first kappa shape index (κ1) is 10.1. The average Bonchev–Trinajstić information content (AvgIpc) is 2.17. The Balaban J connectivity index is 2.49. The Morgan fingerprint density at radius 2 is 2.21 bits per heavy atom. The summed E-state index contributed by atoms with van der Waals surface area (Å²) in [7, 11) is 0. The summed E-state index contributed by atoms with van der Waals surface area (Å²) in [6, 6.07) is 6.32. The number of hydrogen-bond acceptors (Lipinski definition) is 2. The number of rotatable bonds is 1. The van der Waals surface area contributed by atoms with Gasteiger partial charge in [-0.1, -0.05) is 26.0 Å². The van der Waals surface area contributed by atoms with Gasteiger partial charge in [-0.3, -0.25) is 0 Å². The summed E-state index contributed by atoms with van der Waals surface area (Å²) < 4.78 is 0. The van der Waals surface area contributed by atoms with Crippen LogP contribution in [0.4, 0.5) is 0 Å². The Bertz CT molecular complexity index is 344. The third-order valence-electron chi connectivity index (χ3n) is 2.94. The smallest absolute Gasteiger partial charge is 0.0681 e. The van der Waals surface area contributed by atoms with Crippen molar-refractivity contribution in [3.05, 3.63) is 29.3 Å². The second-order valence-corrected chi connectivity index (χ2v) is 5.61. The van der Waals surface area contributed by atoms with E-state index >= 15 is 0 Å². The first-order valence-electron chi connectivity index (χ1n) is 5.00. The number of benzene rings is 1. The summed E-state index contributed by atoms with van der Waals surface area (Å²) in [6.45, 7) is 4.72. The molecule has 2 heteroatoms. The van der Waals surface area contributed by atoms with E-state index in [1.807, 2.05) is 17.8 Å². The summed E-state index contributed by atoms with van der Waals surface area (Å²) in [6.07, 6.45) is 1.22. The van der Waals surface area contributed by atoms with Gasteiger partial charge in [0.25, 0.3) is 0 Å². The SMILES string of the molecule is CC1(C)CCSc2ccc(CO)cc21. The van der Waals surface area contributed by atoms with Crippen molar-refractivity contribution in [2.75, 3.05) is 5.75 Å². The second kappa shape index (κ2) is 3.59. The van der Waals surface area contributed by atoms with E-state index in [1.54, 1.807) is 0 Å². The molecule has 1 aliphatic heterocycles. The molecule has 0 amide bonds. The molecule has 1 N–H and O–H groups in total. The van der Waals surface area contributed by atoms with Crippen molar-refractivity contribution in [2.24, 2.45) is 0 Å². The monoisotopic (exact) mass is 208 g/mol. The van der Waals surface area contributed by atoms with E-state index in [9.17, 15) is 0 Å². The molecule has 1 aromatic carbocycles. The van der Waals surface area contributed by atoms with Gasteiger partial charge in [0.05, 0.1) is 6.61 Å². The van der Waals surface area contributed by atoms with E-state index < -0.39 is 0 Å². The summed E-state index contributed by atoms with van der Waals surface area (Å²) in [5.41, 5.74) is 2.70. The van der Waals surface area contributed by atoms with Crippen molar-refractivity contribution in [1.29, 1.82) is 0 Å².